The minimum absolute atomic E-state index is 0.282. The van der Waals surface area contributed by atoms with E-state index in [4.69, 9.17) is 16.3 Å². The van der Waals surface area contributed by atoms with Crippen molar-refractivity contribution in [1.29, 1.82) is 0 Å². The van der Waals surface area contributed by atoms with Crippen molar-refractivity contribution in [3.63, 3.8) is 0 Å². The highest BCUT2D eigenvalue weighted by molar-refractivity contribution is 7.09. The van der Waals surface area contributed by atoms with Crippen LogP contribution in [0.3, 0.4) is 0 Å². The fourth-order valence-electron chi connectivity index (χ4n) is 4.08. The summed E-state index contributed by atoms with van der Waals surface area (Å²) in [5, 5.41) is 14.3. The number of aliphatic carboxylic acids is 1. The van der Waals surface area contributed by atoms with Gasteiger partial charge in [-0.15, -0.1) is 11.3 Å². The number of ether oxygens (including phenoxy) is 1. The summed E-state index contributed by atoms with van der Waals surface area (Å²) in [6, 6.07) is 8.98. The van der Waals surface area contributed by atoms with Crippen molar-refractivity contribution in [2.45, 2.75) is 45.9 Å². The number of nitrogens with zero attached hydrogens (tertiary/aromatic N) is 3. The number of benzene rings is 1. The van der Waals surface area contributed by atoms with Crippen LogP contribution in [0.5, 0.6) is 0 Å². The number of carboxylic acids is 1. The summed E-state index contributed by atoms with van der Waals surface area (Å²) in [6.45, 7) is 7.73. The third kappa shape index (κ3) is 4.66. The highest BCUT2D eigenvalue weighted by atomic mass is 35.5. The van der Waals surface area contributed by atoms with E-state index in [-0.39, 0.29) is 11.3 Å². The summed E-state index contributed by atoms with van der Waals surface area (Å²) in [7, 11) is 1.59. The molecule has 1 unspecified atom stereocenters. The lowest BCUT2D eigenvalue weighted by atomic mass is 9.96. The first-order chi connectivity index (χ1) is 16.0. The maximum atomic E-state index is 13.6. The zero-order chi connectivity index (χ0) is 24.8. The van der Waals surface area contributed by atoms with E-state index >= 15 is 0 Å². The Bertz CT molecular complexity index is 1430. The topological polar surface area (TPSA) is 86.3 Å². The monoisotopic (exact) mass is 499 g/mol. The molecule has 9 heteroatoms. The second-order valence-electron chi connectivity index (χ2n) is 9.14. The van der Waals surface area contributed by atoms with E-state index in [1.165, 1.54) is 4.57 Å². The molecule has 1 N–H and O–H groups in total. The molecule has 4 rings (SSSR count). The molecule has 7 nitrogen and oxygen atoms in total. The van der Waals surface area contributed by atoms with Crippen molar-refractivity contribution in [2.24, 2.45) is 7.05 Å². The fourth-order valence-corrected chi connectivity index (χ4v) is 4.81. The molecule has 0 saturated heterocycles. The SMILES string of the molecule is Cc1nc(Cn2ccc3c(-c4ccc(Cl)cc4)c(C(OC(C)(C)C)C(=O)O)n(C)c(=O)c32)cs1. The van der Waals surface area contributed by atoms with Crippen molar-refractivity contribution < 1.29 is 14.6 Å². The largest absolute Gasteiger partial charge is 0.479 e. The summed E-state index contributed by atoms with van der Waals surface area (Å²) < 4.78 is 9.21. The first-order valence-electron chi connectivity index (χ1n) is 10.8. The number of pyridine rings is 1. The zero-order valence-electron chi connectivity index (χ0n) is 19.6. The predicted molar refractivity (Wildman–Crippen MR) is 135 cm³/mol. The Hall–Kier alpha value is -2.94. The van der Waals surface area contributed by atoms with Crippen molar-refractivity contribution in [2.75, 3.05) is 0 Å². The molecule has 34 heavy (non-hydrogen) atoms. The number of carbonyl (C=O) groups is 1. The number of fused-ring (bicyclic) bond motifs is 1. The van der Waals surface area contributed by atoms with Crippen LogP contribution in [0.25, 0.3) is 22.0 Å². The highest BCUT2D eigenvalue weighted by Gasteiger charge is 2.33. The van der Waals surface area contributed by atoms with Gasteiger partial charge in [-0.25, -0.2) is 9.78 Å². The van der Waals surface area contributed by atoms with Gasteiger partial charge in [0.1, 0.15) is 5.52 Å². The van der Waals surface area contributed by atoms with Gasteiger partial charge in [-0.05, 0) is 51.5 Å². The van der Waals surface area contributed by atoms with Crippen LogP contribution in [0.2, 0.25) is 5.02 Å². The molecule has 0 aliphatic heterocycles. The van der Waals surface area contributed by atoms with Gasteiger partial charge >= 0.3 is 5.97 Å². The van der Waals surface area contributed by atoms with E-state index < -0.39 is 17.7 Å². The number of hydrogen-bond acceptors (Lipinski definition) is 5. The zero-order valence-corrected chi connectivity index (χ0v) is 21.2. The van der Waals surface area contributed by atoms with Gasteiger partial charge in [-0.2, -0.15) is 0 Å². The van der Waals surface area contributed by atoms with Crippen LogP contribution in [0.1, 0.15) is 43.3 Å². The molecule has 0 aliphatic rings. The van der Waals surface area contributed by atoms with E-state index in [1.807, 2.05) is 41.3 Å². The molecule has 0 saturated carbocycles. The number of halogens is 1. The summed E-state index contributed by atoms with van der Waals surface area (Å²) in [5.74, 6) is -1.17. The quantitative estimate of drug-likeness (QED) is 0.383. The molecule has 1 aromatic carbocycles. The van der Waals surface area contributed by atoms with Gasteiger partial charge in [-0.3, -0.25) is 4.79 Å². The van der Waals surface area contributed by atoms with Crippen LogP contribution in [-0.2, 0) is 23.1 Å². The second kappa shape index (κ2) is 9.02. The summed E-state index contributed by atoms with van der Waals surface area (Å²) >= 11 is 7.68. The Morgan fingerprint density at radius 1 is 1.24 bits per heavy atom. The first-order valence-corrected chi connectivity index (χ1v) is 12.0. The Morgan fingerprint density at radius 3 is 2.47 bits per heavy atom. The van der Waals surface area contributed by atoms with Gasteiger partial charge in [0.25, 0.3) is 5.56 Å². The molecule has 0 spiro atoms. The van der Waals surface area contributed by atoms with Crippen molar-refractivity contribution >= 4 is 39.8 Å². The van der Waals surface area contributed by atoms with E-state index in [0.717, 1.165) is 16.3 Å². The van der Waals surface area contributed by atoms with Crippen molar-refractivity contribution in [3.8, 4) is 11.1 Å². The normalized spacial score (nSPS) is 12.9. The molecule has 178 valence electrons. The number of carboxylic acid groups (broad SMARTS) is 1. The number of aromatic nitrogens is 3. The van der Waals surface area contributed by atoms with Crippen LogP contribution in [-0.4, -0.2) is 30.8 Å². The van der Waals surface area contributed by atoms with E-state index in [1.54, 1.807) is 51.3 Å². The lowest BCUT2D eigenvalue weighted by Gasteiger charge is -2.28. The molecular formula is C25H26ClN3O4S. The molecule has 0 radical (unpaired) electrons. The third-order valence-electron chi connectivity index (χ3n) is 5.43. The summed E-state index contributed by atoms with van der Waals surface area (Å²) in [6.07, 6.45) is 0.488. The van der Waals surface area contributed by atoms with Crippen molar-refractivity contribution in [1.82, 2.24) is 14.1 Å². The summed E-state index contributed by atoms with van der Waals surface area (Å²) in [5.41, 5.74) is 1.93. The lowest BCUT2D eigenvalue weighted by molar-refractivity contribution is -0.161. The van der Waals surface area contributed by atoms with E-state index in [2.05, 4.69) is 4.98 Å². The maximum Gasteiger partial charge on any atom is 0.339 e. The van der Waals surface area contributed by atoms with Gasteiger partial charge in [-0.1, -0.05) is 23.7 Å². The Kier molecular flexibility index (Phi) is 6.42. The Balaban J connectivity index is 2.04. The molecule has 0 aliphatic carbocycles. The number of rotatable bonds is 6. The molecule has 3 aromatic heterocycles. The third-order valence-corrected chi connectivity index (χ3v) is 6.51. The van der Waals surface area contributed by atoms with Gasteiger partial charge in [0.05, 0.1) is 28.5 Å². The average Bonchev–Trinajstić information content (AvgIpc) is 3.35. The summed E-state index contributed by atoms with van der Waals surface area (Å²) in [4.78, 5) is 30.5. The van der Waals surface area contributed by atoms with Crippen LogP contribution >= 0.6 is 22.9 Å². The smallest absolute Gasteiger partial charge is 0.339 e. The molecule has 0 bridgehead atoms. The molecule has 0 fully saturated rings. The lowest BCUT2D eigenvalue weighted by Crippen LogP contribution is -2.33. The molecule has 0 amide bonds. The van der Waals surface area contributed by atoms with Crippen LogP contribution in [0.15, 0.2) is 46.7 Å². The fraction of sp³-hybridized carbons (Fsp3) is 0.320. The van der Waals surface area contributed by atoms with Crippen LogP contribution in [0.4, 0.5) is 0 Å². The standard InChI is InChI=1S/C25H26ClN3O4S/c1-14-27-17(13-34-14)12-29-11-10-18-19(15-6-8-16(26)9-7-15)21(28(5)23(30)20(18)29)22(24(31)32)33-25(2,3)4/h6-11,13,22H,12H2,1-5H3,(H,31,32). The highest BCUT2D eigenvalue weighted by Crippen LogP contribution is 2.37. The predicted octanol–water partition coefficient (Wildman–Crippen LogP) is 5.41. The van der Waals surface area contributed by atoms with Crippen LogP contribution in [0, 0.1) is 6.92 Å². The molecule has 4 aromatic rings. The van der Waals surface area contributed by atoms with Gasteiger partial charge in [0.2, 0.25) is 0 Å². The van der Waals surface area contributed by atoms with Gasteiger partial charge in [0, 0.05) is 34.6 Å². The minimum atomic E-state index is -1.35. The number of hydrogen-bond donors (Lipinski definition) is 1. The first kappa shape index (κ1) is 24.2. The van der Waals surface area contributed by atoms with E-state index in [9.17, 15) is 14.7 Å². The second-order valence-corrected chi connectivity index (χ2v) is 10.6. The van der Waals surface area contributed by atoms with E-state index in [0.29, 0.717) is 28.0 Å². The van der Waals surface area contributed by atoms with Crippen molar-refractivity contribution in [3.05, 3.63) is 73.7 Å². The molecular weight excluding hydrogens is 474 g/mol. The average molecular weight is 500 g/mol. The van der Waals surface area contributed by atoms with Crippen LogP contribution < -0.4 is 5.56 Å². The molecule has 1 atom stereocenters. The van der Waals surface area contributed by atoms with Gasteiger partial charge in [0.15, 0.2) is 6.10 Å². The Labute approximate surface area is 206 Å². The molecule has 3 heterocycles. The maximum absolute atomic E-state index is 13.6. The minimum Gasteiger partial charge on any atom is -0.479 e. The van der Waals surface area contributed by atoms with Gasteiger partial charge < -0.3 is 19.0 Å². The Morgan fingerprint density at radius 2 is 1.91 bits per heavy atom. The number of aryl methyl sites for hydroxylation is 1. The number of thiazole rings is 1.